The smallest absolute Gasteiger partial charge is 0.407 e. The van der Waals surface area contributed by atoms with Crippen molar-refractivity contribution in [2.75, 3.05) is 6.54 Å². The fourth-order valence-electron chi connectivity index (χ4n) is 1.67. The first kappa shape index (κ1) is 17.9. The summed E-state index contributed by atoms with van der Waals surface area (Å²) >= 11 is 0. The Bertz CT molecular complexity index is 574. The van der Waals surface area contributed by atoms with Crippen LogP contribution in [-0.4, -0.2) is 24.0 Å². The molecular formula is C17H22FNO3. The Kier molecular flexibility index (Phi) is 6.28. The second-order valence-corrected chi connectivity index (χ2v) is 5.91. The largest absolute Gasteiger partial charge is 0.444 e. The van der Waals surface area contributed by atoms with Crippen molar-refractivity contribution in [3.63, 3.8) is 0 Å². The second-order valence-electron chi connectivity index (χ2n) is 5.91. The molecule has 0 bridgehead atoms. The first-order valence-corrected chi connectivity index (χ1v) is 7.13. The van der Waals surface area contributed by atoms with E-state index in [4.69, 9.17) is 4.74 Å². The number of rotatable bonds is 5. The van der Waals surface area contributed by atoms with E-state index in [0.717, 1.165) is 0 Å². The minimum absolute atomic E-state index is 0.110. The zero-order chi connectivity index (χ0) is 16.8. The van der Waals surface area contributed by atoms with Crippen molar-refractivity contribution in [2.24, 2.45) is 0 Å². The lowest BCUT2D eigenvalue weighted by atomic mass is 10.1. The third-order valence-corrected chi connectivity index (χ3v) is 2.68. The van der Waals surface area contributed by atoms with Gasteiger partial charge in [0.15, 0.2) is 5.78 Å². The average Bonchev–Trinajstić information content (AvgIpc) is 2.37. The molecule has 1 rings (SSSR count). The zero-order valence-corrected chi connectivity index (χ0v) is 13.4. The number of alkyl carbamates (subject to hydrolysis) is 1. The number of hydrogen-bond acceptors (Lipinski definition) is 3. The Morgan fingerprint density at radius 1 is 1.32 bits per heavy atom. The molecule has 0 saturated heterocycles. The van der Waals surface area contributed by atoms with Gasteiger partial charge in [-0.25, -0.2) is 9.18 Å². The summed E-state index contributed by atoms with van der Waals surface area (Å²) in [4.78, 5) is 22.7. The van der Waals surface area contributed by atoms with Gasteiger partial charge in [-0.3, -0.25) is 4.79 Å². The van der Waals surface area contributed by atoms with Crippen LogP contribution in [0.4, 0.5) is 9.18 Å². The van der Waals surface area contributed by atoms with Crippen LogP contribution in [0.1, 0.15) is 50.0 Å². The molecular weight excluding hydrogens is 285 g/mol. The Balaban J connectivity index is 2.48. The van der Waals surface area contributed by atoms with Crippen molar-refractivity contribution in [1.29, 1.82) is 0 Å². The number of carbonyl (C=O) groups is 2. The van der Waals surface area contributed by atoms with Crippen molar-refractivity contribution < 1.29 is 18.7 Å². The van der Waals surface area contributed by atoms with Crippen molar-refractivity contribution in [3.05, 3.63) is 41.2 Å². The minimum atomic E-state index is -0.532. The summed E-state index contributed by atoms with van der Waals surface area (Å²) < 4.78 is 18.7. The van der Waals surface area contributed by atoms with Crippen LogP contribution in [0.3, 0.4) is 0 Å². The van der Waals surface area contributed by atoms with E-state index >= 15 is 0 Å². The highest BCUT2D eigenvalue weighted by Crippen LogP contribution is 2.13. The molecule has 1 amide bonds. The summed E-state index contributed by atoms with van der Waals surface area (Å²) in [5.41, 5.74) is 0.286. The normalized spacial score (nSPS) is 11.5. The summed E-state index contributed by atoms with van der Waals surface area (Å²) in [5, 5.41) is 2.61. The number of ketones is 1. The number of benzene rings is 1. The molecule has 0 spiro atoms. The van der Waals surface area contributed by atoms with Gasteiger partial charge in [0.25, 0.3) is 0 Å². The molecule has 0 aliphatic carbocycles. The third-order valence-electron chi connectivity index (χ3n) is 2.68. The van der Waals surface area contributed by atoms with E-state index < -0.39 is 11.7 Å². The molecule has 0 unspecified atom stereocenters. The number of hydrogen-bond donors (Lipinski definition) is 1. The average molecular weight is 307 g/mol. The Morgan fingerprint density at radius 2 is 2.00 bits per heavy atom. The maximum atomic E-state index is 13.6. The van der Waals surface area contributed by atoms with Gasteiger partial charge in [-0.05, 0) is 52.3 Å². The molecule has 1 N–H and O–H groups in total. The lowest BCUT2D eigenvalue weighted by molar-refractivity contribution is 0.0528. The van der Waals surface area contributed by atoms with E-state index in [1.54, 1.807) is 32.9 Å². The Hall–Kier alpha value is -2.17. The molecule has 120 valence electrons. The highest BCUT2D eigenvalue weighted by atomic mass is 19.1. The summed E-state index contributed by atoms with van der Waals surface area (Å²) in [5.74, 6) is -0.498. The van der Waals surface area contributed by atoms with E-state index in [0.29, 0.717) is 24.1 Å². The Labute approximate surface area is 130 Å². The van der Waals surface area contributed by atoms with E-state index in [2.05, 4.69) is 5.32 Å². The number of amides is 1. The molecule has 0 radical (unpaired) electrons. The number of nitrogens with one attached hydrogen (secondary N) is 1. The zero-order valence-electron chi connectivity index (χ0n) is 13.4. The quantitative estimate of drug-likeness (QED) is 0.662. The molecule has 0 aromatic heterocycles. The van der Waals surface area contributed by atoms with Crippen LogP contribution < -0.4 is 5.32 Å². The van der Waals surface area contributed by atoms with Crippen LogP contribution >= 0.6 is 0 Å². The maximum Gasteiger partial charge on any atom is 0.407 e. The molecule has 0 saturated carbocycles. The minimum Gasteiger partial charge on any atom is -0.444 e. The third kappa shape index (κ3) is 6.52. The summed E-state index contributed by atoms with van der Waals surface area (Å²) in [6.07, 6.45) is 3.38. The fourth-order valence-corrected chi connectivity index (χ4v) is 1.67. The SMILES string of the molecule is CC(=O)c1ccc(F)c(C=CCCNC(=O)OC(C)(C)C)c1. The van der Waals surface area contributed by atoms with E-state index in [-0.39, 0.29) is 11.6 Å². The fraction of sp³-hybridized carbons (Fsp3) is 0.412. The van der Waals surface area contributed by atoms with Gasteiger partial charge >= 0.3 is 6.09 Å². The van der Waals surface area contributed by atoms with Crippen LogP contribution in [0.15, 0.2) is 24.3 Å². The number of ether oxygens (including phenoxy) is 1. The van der Waals surface area contributed by atoms with Gasteiger partial charge in [-0.1, -0.05) is 12.2 Å². The molecule has 0 atom stereocenters. The maximum absolute atomic E-state index is 13.6. The standard InChI is InChI=1S/C17H22FNO3/c1-12(20)13-8-9-15(18)14(11-13)7-5-6-10-19-16(21)22-17(2,3)4/h5,7-9,11H,6,10H2,1-4H3,(H,19,21). The molecule has 0 aliphatic rings. The van der Waals surface area contributed by atoms with Crippen LogP contribution in [0.25, 0.3) is 6.08 Å². The van der Waals surface area contributed by atoms with Gasteiger partial charge in [0, 0.05) is 17.7 Å². The van der Waals surface area contributed by atoms with Gasteiger partial charge in [-0.2, -0.15) is 0 Å². The topological polar surface area (TPSA) is 55.4 Å². The van der Waals surface area contributed by atoms with Crippen molar-refractivity contribution >= 4 is 18.0 Å². The molecule has 5 heteroatoms. The molecule has 1 aromatic carbocycles. The number of Topliss-reactive ketones (excluding diaryl/α,β-unsaturated/α-hetero) is 1. The van der Waals surface area contributed by atoms with Crippen molar-refractivity contribution in [1.82, 2.24) is 5.32 Å². The molecule has 0 aliphatic heterocycles. The van der Waals surface area contributed by atoms with Gasteiger partial charge in [-0.15, -0.1) is 0 Å². The van der Waals surface area contributed by atoms with Gasteiger partial charge in [0.2, 0.25) is 0 Å². The van der Waals surface area contributed by atoms with Crippen LogP contribution in [0.5, 0.6) is 0 Å². The molecule has 4 nitrogen and oxygen atoms in total. The lowest BCUT2D eigenvalue weighted by Crippen LogP contribution is -2.32. The molecule has 0 fully saturated rings. The first-order chi connectivity index (χ1) is 10.2. The van der Waals surface area contributed by atoms with E-state index in [1.165, 1.54) is 25.1 Å². The molecule has 1 aromatic rings. The van der Waals surface area contributed by atoms with E-state index in [1.807, 2.05) is 0 Å². The number of halogens is 1. The summed E-state index contributed by atoms with van der Waals surface area (Å²) in [7, 11) is 0. The van der Waals surface area contributed by atoms with Gasteiger partial charge in [0.1, 0.15) is 11.4 Å². The van der Waals surface area contributed by atoms with Gasteiger partial charge < -0.3 is 10.1 Å². The first-order valence-electron chi connectivity index (χ1n) is 7.13. The van der Waals surface area contributed by atoms with Crippen molar-refractivity contribution in [2.45, 2.75) is 39.7 Å². The second kappa shape index (κ2) is 7.73. The van der Waals surface area contributed by atoms with E-state index in [9.17, 15) is 14.0 Å². The molecule has 22 heavy (non-hydrogen) atoms. The van der Waals surface area contributed by atoms with Crippen LogP contribution in [0.2, 0.25) is 0 Å². The predicted octanol–water partition coefficient (Wildman–Crippen LogP) is 3.96. The van der Waals surface area contributed by atoms with Crippen molar-refractivity contribution in [3.8, 4) is 0 Å². The molecule has 0 heterocycles. The van der Waals surface area contributed by atoms with Gasteiger partial charge in [0.05, 0.1) is 0 Å². The summed E-state index contributed by atoms with van der Waals surface area (Å²) in [6, 6.07) is 4.24. The summed E-state index contributed by atoms with van der Waals surface area (Å²) in [6.45, 7) is 7.19. The lowest BCUT2D eigenvalue weighted by Gasteiger charge is -2.19. The Morgan fingerprint density at radius 3 is 2.59 bits per heavy atom. The highest BCUT2D eigenvalue weighted by molar-refractivity contribution is 5.94. The van der Waals surface area contributed by atoms with Crippen LogP contribution in [-0.2, 0) is 4.74 Å². The highest BCUT2D eigenvalue weighted by Gasteiger charge is 2.15. The monoisotopic (exact) mass is 307 g/mol. The number of carbonyl (C=O) groups excluding carboxylic acids is 2. The predicted molar refractivity (Wildman–Crippen MR) is 84.3 cm³/mol. The van der Waals surface area contributed by atoms with Crippen LogP contribution in [0, 0.1) is 5.82 Å².